The molecule has 3 amide bonds. The van der Waals surface area contributed by atoms with Crippen molar-refractivity contribution in [1.82, 2.24) is 14.7 Å². The summed E-state index contributed by atoms with van der Waals surface area (Å²) < 4.78 is 28.9. The Labute approximate surface area is 168 Å². The van der Waals surface area contributed by atoms with Gasteiger partial charge in [0.05, 0.1) is 6.54 Å². The van der Waals surface area contributed by atoms with Crippen LogP contribution in [0.25, 0.3) is 0 Å². The molecule has 9 heteroatoms. The third-order valence-electron chi connectivity index (χ3n) is 5.46. The molecule has 0 radical (unpaired) electrons. The van der Waals surface area contributed by atoms with E-state index in [1.165, 1.54) is 29.2 Å². The van der Waals surface area contributed by atoms with E-state index in [1.54, 1.807) is 9.80 Å². The average molecular weight is 409 g/mol. The molecule has 0 spiro atoms. The van der Waals surface area contributed by atoms with Crippen LogP contribution in [0.1, 0.15) is 37.0 Å². The second kappa shape index (κ2) is 8.75. The van der Waals surface area contributed by atoms with Crippen molar-refractivity contribution in [1.29, 1.82) is 0 Å². The van der Waals surface area contributed by atoms with Crippen molar-refractivity contribution in [2.75, 3.05) is 26.2 Å². The molecule has 158 valence electrons. The molecule has 0 bridgehead atoms. The summed E-state index contributed by atoms with van der Waals surface area (Å²) in [6.07, 6.45) is 0.544. The number of halogens is 2. The van der Waals surface area contributed by atoms with Crippen molar-refractivity contribution in [3.63, 3.8) is 0 Å². The second-order valence-corrected chi connectivity index (χ2v) is 7.47. The fourth-order valence-corrected chi connectivity index (χ4v) is 3.64. The van der Waals surface area contributed by atoms with Gasteiger partial charge < -0.3 is 19.4 Å². The summed E-state index contributed by atoms with van der Waals surface area (Å²) in [6, 6.07) is 5.47. The fraction of sp³-hybridized carbons (Fsp3) is 0.550. The Hall–Kier alpha value is -2.71. The number of benzene rings is 1. The summed E-state index contributed by atoms with van der Waals surface area (Å²) in [4.78, 5) is 42.6. The lowest BCUT2D eigenvalue weighted by Crippen LogP contribution is -2.67. The molecule has 0 aliphatic carbocycles. The SMILES string of the molecule is CCC(C)CN1CC2N(CC1=O)C(=O)CCN2C(=O)c1ccc(OC(F)F)cc1. The van der Waals surface area contributed by atoms with E-state index in [1.807, 2.05) is 6.92 Å². The van der Waals surface area contributed by atoms with Gasteiger partial charge in [-0.25, -0.2) is 0 Å². The molecule has 29 heavy (non-hydrogen) atoms. The summed E-state index contributed by atoms with van der Waals surface area (Å²) in [7, 11) is 0. The predicted molar refractivity (Wildman–Crippen MR) is 100 cm³/mol. The summed E-state index contributed by atoms with van der Waals surface area (Å²) in [5.41, 5.74) is 0.311. The summed E-state index contributed by atoms with van der Waals surface area (Å²) in [5, 5.41) is 0. The van der Waals surface area contributed by atoms with Crippen LogP contribution in [0.3, 0.4) is 0 Å². The van der Waals surface area contributed by atoms with E-state index in [0.717, 1.165) is 6.42 Å². The first-order chi connectivity index (χ1) is 13.8. The minimum Gasteiger partial charge on any atom is -0.435 e. The van der Waals surface area contributed by atoms with Crippen LogP contribution in [0, 0.1) is 5.92 Å². The molecule has 2 aliphatic rings. The zero-order valence-corrected chi connectivity index (χ0v) is 16.5. The molecule has 2 saturated heterocycles. The fourth-order valence-electron chi connectivity index (χ4n) is 3.64. The lowest BCUT2D eigenvalue weighted by molar-refractivity contribution is -0.159. The van der Waals surface area contributed by atoms with Gasteiger partial charge in [0, 0.05) is 25.1 Å². The van der Waals surface area contributed by atoms with Gasteiger partial charge in [0.15, 0.2) is 0 Å². The zero-order valence-electron chi connectivity index (χ0n) is 16.5. The average Bonchev–Trinajstić information content (AvgIpc) is 2.69. The molecule has 2 atom stereocenters. The van der Waals surface area contributed by atoms with Gasteiger partial charge >= 0.3 is 6.61 Å². The third kappa shape index (κ3) is 4.65. The molecule has 0 saturated carbocycles. The zero-order chi connectivity index (χ0) is 21.1. The topological polar surface area (TPSA) is 70.2 Å². The highest BCUT2D eigenvalue weighted by atomic mass is 19.3. The van der Waals surface area contributed by atoms with Crippen molar-refractivity contribution in [2.45, 2.75) is 39.5 Å². The molecule has 7 nitrogen and oxygen atoms in total. The molecule has 2 aliphatic heterocycles. The standard InChI is InChI=1S/C20H25F2N3O4/c1-3-13(2)10-23-11-16-24(9-8-17(26)25(16)12-18(23)27)19(28)14-4-6-15(7-5-14)29-20(21)22/h4-7,13,16,20H,3,8-12H2,1-2H3. The molecule has 0 aromatic heterocycles. The molecule has 2 fully saturated rings. The number of alkyl halides is 2. The Bertz CT molecular complexity index is 771. The maximum Gasteiger partial charge on any atom is 0.387 e. The number of piperazine rings is 1. The third-order valence-corrected chi connectivity index (χ3v) is 5.46. The Balaban J connectivity index is 1.78. The van der Waals surface area contributed by atoms with Crippen LogP contribution in [0.15, 0.2) is 24.3 Å². The minimum atomic E-state index is -2.94. The highest BCUT2D eigenvalue weighted by Crippen LogP contribution is 2.25. The second-order valence-electron chi connectivity index (χ2n) is 7.47. The molecule has 1 aromatic carbocycles. The van der Waals surface area contributed by atoms with Crippen molar-refractivity contribution in [2.24, 2.45) is 5.92 Å². The Morgan fingerprint density at radius 3 is 2.52 bits per heavy atom. The molecule has 2 heterocycles. The van der Waals surface area contributed by atoms with E-state index in [-0.39, 0.29) is 49.5 Å². The van der Waals surface area contributed by atoms with E-state index in [0.29, 0.717) is 18.0 Å². The van der Waals surface area contributed by atoms with Crippen LogP contribution in [0.2, 0.25) is 0 Å². The van der Waals surface area contributed by atoms with Gasteiger partial charge in [0.1, 0.15) is 18.5 Å². The Morgan fingerprint density at radius 2 is 1.90 bits per heavy atom. The van der Waals surface area contributed by atoms with Crippen molar-refractivity contribution >= 4 is 17.7 Å². The number of amides is 3. The van der Waals surface area contributed by atoms with Crippen LogP contribution >= 0.6 is 0 Å². The number of hydrogen-bond acceptors (Lipinski definition) is 4. The number of ether oxygens (including phenoxy) is 1. The normalized spacial score (nSPS) is 20.7. The van der Waals surface area contributed by atoms with Gasteiger partial charge in [-0.3, -0.25) is 14.4 Å². The number of carbonyl (C=O) groups is 3. The van der Waals surface area contributed by atoms with E-state index in [4.69, 9.17) is 0 Å². The molecular formula is C20H25F2N3O4. The maximum absolute atomic E-state index is 13.1. The van der Waals surface area contributed by atoms with Gasteiger partial charge in [0.25, 0.3) is 5.91 Å². The van der Waals surface area contributed by atoms with Crippen molar-refractivity contribution < 1.29 is 27.9 Å². The molecule has 2 unspecified atom stereocenters. The van der Waals surface area contributed by atoms with Crippen LogP contribution < -0.4 is 4.74 Å². The number of fused-ring (bicyclic) bond motifs is 1. The lowest BCUT2D eigenvalue weighted by Gasteiger charge is -2.49. The maximum atomic E-state index is 13.1. The van der Waals surface area contributed by atoms with E-state index in [9.17, 15) is 23.2 Å². The largest absolute Gasteiger partial charge is 0.435 e. The Morgan fingerprint density at radius 1 is 1.21 bits per heavy atom. The first-order valence-corrected chi connectivity index (χ1v) is 9.73. The van der Waals surface area contributed by atoms with Gasteiger partial charge in [-0.1, -0.05) is 20.3 Å². The van der Waals surface area contributed by atoms with Gasteiger partial charge in [0.2, 0.25) is 11.8 Å². The van der Waals surface area contributed by atoms with E-state index >= 15 is 0 Å². The molecule has 3 rings (SSSR count). The Kier molecular flexibility index (Phi) is 6.34. The number of nitrogens with zero attached hydrogens (tertiary/aromatic N) is 3. The quantitative estimate of drug-likeness (QED) is 0.722. The lowest BCUT2D eigenvalue weighted by atomic mass is 10.0. The van der Waals surface area contributed by atoms with E-state index < -0.39 is 12.8 Å². The van der Waals surface area contributed by atoms with Crippen LogP contribution in [0.5, 0.6) is 5.75 Å². The smallest absolute Gasteiger partial charge is 0.387 e. The number of rotatable bonds is 6. The van der Waals surface area contributed by atoms with Crippen LogP contribution in [0.4, 0.5) is 8.78 Å². The first kappa shape index (κ1) is 21.0. The monoisotopic (exact) mass is 409 g/mol. The van der Waals surface area contributed by atoms with Crippen molar-refractivity contribution in [3.8, 4) is 5.75 Å². The number of hydrogen-bond donors (Lipinski definition) is 0. The number of carbonyl (C=O) groups excluding carboxylic acids is 3. The molecule has 0 N–H and O–H groups in total. The molecule has 1 aromatic rings. The first-order valence-electron chi connectivity index (χ1n) is 9.73. The van der Waals surface area contributed by atoms with Crippen LogP contribution in [-0.2, 0) is 9.59 Å². The summed E-state index contributed by atoms with van der Waals surface area (Å²) in [5.74, 6) is -0.283. The van der Waals surface area contributed by atoms with Gasteiger partial charge in [-0.15, -0.1) is 0 Å². The van der Waals surface area contributed by atoms with Crippen LogP contribution in [-0.4, -0.2) is 71.4 Å². The predicted octanol–water partition coefficient (Wildman–Crippen LogP) is 2.18. The molecular weight excluding hydrogens is 384 g/mol. The summed E-state index contributed by atoms with van der Waals surface area (Å²) in [6.45, 7) is 2.23. The summed E-state index contributed by atoms with van der Waals surface area (Å²) >= 11 is 0. The highest BCUT2D eigenvalue weighted by Gasteiger charge is 2.43. The van der Waals surface area contributed by atoms with E-state index in [2.05, 4.69) is 11.7 Å². The van der Waals surface area contributed by atoms with Crippen molar-refractivity contribution in [3.05, 3.63) is 29.8 Å². The minimum absolute atomic E-state index is 0.0324. The highest BCUT2D eigenvalue weighted by molar-refractivity contribution is 5.96. The van der Waals surface area contributed by atoms with Gasteiger partial charge in [-0.05, 0) is 30.2 Å². The van der Waals surface area contributed by atoms with Gasteiger partial charge in [-0.2, -0.15) is 8.78 Å².